The van der Waals surface area contributed by atoms with E-state index in [0.717, 1.165) is 12.0 Å². The topological polar surface area (TPSA) is 66.6 Å². The van der Waals surface area contributed by atoms with E-state index in [9.17, 15) is 9.59 Å². The van der Waals surface area contributed by atoms with Crippen molar-refractivity contribution in [1.29, 1.82) is 0 Å². The minimum absolute atomic E-state index is 0. The van der Waals surface area contributed by atoms with Crippen molar-refractivity contribution < 1.29 is 9.59 Å². The van der Waals surface area contributed by atoms with Crippen LogP contribution in [0.5, 0.6) is 0 Å². The molecule has 1 atom stereocenters. The average Bonchev–Trinajstić information content (AvgIpc) is 2.89. The molecule has 130 valence electrons. The molecule has 1 aliphatic heterocycles. The average molecular weight is 360 g/mol. The van der Waals surface area contributed by atoms with E-state index >= 15 is 0 Å². The highest BCUT2D eigenvalue weighted by Crippen LogP contribution is 2.13. The number of rotatable bonds is 4. The number of carbonyl (C=O) groups excluding carboxylic acids is 2. The van der Waals surface area contributed by atoms with Gasteiger partial charge in [-0.05, 0) is 30.2 Å². The Labute approximate surface area is 148 Å². The molecule has 2 N–H and O–H groups in total. The zero-order valence-corrected chi connectivity index (χ0v) is 15.4. The smallest absolute Gasteiger partial charge is 0.254 e. The molecular formula is C16H26ClN3O2S. The molecule has 1 saturated heterocycles. The van der Waals surface area contributed by atoms with Crippen LogP contribution in [-0.4, -0.2) is 53.8 Å². The molecule has 23 heavy (non-hydrogen) atoms. The van der Waals surface area contributed by atoms with Crippen LogP contribution in [0.3, 0.4) is 0 Å². The zero-order valence-electron chi connectivity index (χ0n) is 13.7. The molecule has 0 aromatic carbocycles. The van der Waals surface area contributed by atoms with Gasteiger partial charge in [-0.25, -0.2) is 0 Å². The normalized spacial score (nSPS) is 16.7. The molecule has 1 aromatic heterocycles. The van der Waals surface area contributed by atoms with Crippen molar-refractivity contribution in [2.75, 3.05) is 26.2 Å². The van der Waals surface area contributed by atoms with Crippen LogP contribution in [0.1, 0.15) is 37.0 Å². The predicted molar refractivity (Wildman–Crippen MR) is 96.1 cm³/mol. The van der Waals surface area contributed by atoms with Crippen LogP contribution >= 0.6 is 23.7 Å². The molecule has 0 spiro atoms. The highest BCUT2D eigenvalue weighted by molar-refractivity contribution is 7.08. The minimum Gasteiger partial charge on any atom is -0.340 e. The van der Waals surface area contributed by atoms with E-state index in [-0.39, 0.29) is 24.2 Å². The molecule has 0 radical (unpaired) electrons. The highest BCUT2D eigenvalue weighted by Gasteiger charge is 2.26. The third kappa shape index (κ3) is 5.48. The fourth-order valence-corrected chi connectivity index (χ4v) is 3.38. The first-order chi connectivity index (χ1) is 10.5. The Hall–Kier alpha value is -1.11. The maximum absolute atomic E-state index is 12.4. The molecule has 2 heterocycles. The molecule has 1 aliphatic rings. The second kappa shape index (κ2) is 9.25. The lowest BCUT2D eigenvalue weighted by atomic mass is 10.0. The van der Waals surface area contributed by atoms with Gasteiger partial charge < -0.3 is 15.5 Å². The number of amides is 2. The quantitative estimate of drug-likeness (QED) is 0.896. The van der Waals surface area contributed by atoms with Gasteiger partial charge in [0.15, 0.2) is 0 Å². The highest BCUT2D eigenvalue weighted by atomic mass is 35.5. The lowest BCUT2D eigenvalue weighted by Crippen LogP contribution is -2.46. The lowest BCUT2D eigenvalue weighted by Gasteiger charge is -2.25. The fraction of sp³-hybridized carbons (Fsp3) is 0.625. The standard InChI is InChI=1S/C16H25N3O2S.ClH/c1-12(2)10-14(17)16(21)19-6-3-5-18(7-8-19)15(20)13-4-9-22-11-13;/h4,9,11-12,14H,3,5-8,10,17H2,1-2H3;1H/t14-;/m0./s1. The van der Waals surface area contributed by atoms with Crippen LogP contribution in [0.4, 0.5) is 0 Å². The molecule has 0 saturated carbocycles. The van der Waals surface area contributed by atoms with Gasteiger partial charge in [-0.3, -0.25) is 9.59 Å². The van der Waals surface area contributed by atoms with E-state index in [4.69, 9.17) is 5.73 Å². The molecular weight excluding hydrogens is 334 g/mol. The molecule has 1 fully saturated rings. The Balaban J connectivity index is 0.00000264. The van der Waals surface area contributed by atoms with Crippen molar-refractivity contribution >= 4 is 35.6 Å². The van der Waals surface area contributed by atoms with E-state index in [1.165, 1.54) is 11.3 Å². The van der Waals surface area contributed by atoms with Gasteiger partial charge in [0.1, 0.15) is 0 Å². The molecule has 0 bridgehead atoms. The molecule has 0 aliphatic carbocycles. The molecule has 7 heteroatoms. The van der Waals surface area contributed by atoms with Crippen molar-refractivity contribution in [1.82, 2.24) is 9.80 Å². The van der Waals surface area contributed by atoms with Gasteiger partial charge in [0.05, 0.1) is 11.6 Å². The van der Waals surface area contributed by atoms with Crippen LogP contribution in [-0.2, 0) is 4.79 Å². The van der Waals surface area contributed by atoms with Crippen molar-refractivity contribution in [3.05, 3.63) is 22.4 Å². The van der Waals surface area contributed by atoms with Crippen molar-refractivity contribution in [3.63, 3.8) is 0 Å². The second-order valence-corrected chi connectivity index (χ2v) is 7.00. The third-order valence-electron chi connectivity index (χ3n) is 3.91. The summed E-state index contributed by atoms with van der Waals surface area (Å²) in [6.07, 6.45) is 1.50. The summed E-state index contributed by atoms with van der Waals surface area (Å²) in [4.78, 5) is 28.4. The van der Waals surface area contributed by atoms with E-state index in [0.29, 0.717) is 38.5 Å². The summed E-state index contributed by atoms with van der Waals surface area (Å²) < 4.78 is 0. The predicted octanol–water partition coefficient (Wildman–Crippen LogP) is 2.22. The van der Waals surface area contributed by atoms with Crippen molar-refractivity contribution in [2.24, 2.45) is 11.7 Å². The summed E-state index contributed by atoms with van der Waals surface area (Å²) in [5, 5.41) is 3.78. The Morgan fingerprint density at radius 1 is 1.22 bits per heavy atom. The summed E-state index contributed by atoms with van der Waals surface area (Å²) in [5.41, 5.74) is 6.74. The van der Waals surface area contributed by atoms with Crippen LogP contribution < -0.4 is 5.73 Å². The largest absolute Gasteiger partial charge is 0.340 e. The number of halogens is 1. The Bertz CT molecular complexity index is 507. The summed E-state index contributed by atoms with van der Waals surface area (Å²) in [7, 11) is 0. The van der Waals surface area contributed by atoms with Gasteiger partial charge >= 0.3 is 0 Å². The fourth-order valence-electron chi connectivity index (χ4n) is 2.75. The number of hydrogen-bond donors (Lipinski definition) is 1. The lowest BCUT2D eigenvalue weighted by molar-refractivity contribution is -0.132. The first-order valence-electron chi connectivity index (χ1n) is 7.85. The SMILES string of the molecule is CC(C)C[C@H](N)C(=O)N1CCCN(C(=O)c2ccsc2)CC1.Cl. The number of thiophene rings is 1. The number of nitrogens with zero attached hydrogens (tertiary/aromatic N) is 2. The third-order valence-corrected chi connectivity index (χ3v) is 4.59. The van der Waals surface area contributed by atoms with Crippen molar-refractivity contribution in [3.8, 4) is 0 Å². The number of hydrogen-bond acceptors (Lipinski definition) is 4. The maximum atomic E-state index is 12.4. The molecule has 2 rings (SSSR count). The van der Waals surface area contributed by atoms with Gasteiger partial charge in [0.2, 0.25) is 5.91 Å². The van der Waals surface area contributed by atoms with Gasteiger partial charge in [0, 0.05) is 31.6 Å². The van der Waals surface area contributed by atoms with E-state index < -0.39 is 6.04 Å². The first-order valence-corrected chi connectivity index (χ1v) is 8.79. The minimum atomic E-state index is -0.431. The van der Waals surface area contributed by atoms with E-state index in [1.54, 1.807) is 0 Å². The molecule has 5 nitrogen and oxygen atoms in total. The van der Waals surface area contributed by atoms with Gasteiger partial charge in [-0.2, -0.15) is 11.3 Å². The van der Waals surface area contributed by atoms with Crippen LogP contribution in [0, 0.1) is 5.92 Å². The van der Waals surface area contributed by atoms with Crippen LogP contribution in [0.15, 0.2) is 16.8 Å². The van der Waals surface area contributed by atoms with Crippen LogP contribution in [0.25, 0.3) is 0 Å². The van der Waals surface area contributed by atoms with Gasteiger partial charge in [-0.1, -0.05) is 13.8 Å². The van der Waals surface area contributed by atoms with E-state index in [2.05, 4.69) is 13.8 Å². The second-order valence-electron chi connectivity index (χ2n) is 6.22. The van der Waals surface area contributed by atoms with Gasteiger partial charge in [0.25, 0.3) is 5.91 Å². The zero-order chi connectivity index (χ0) is 16.1. The number of carbonyl (C=O) groups is 2. The monoisotopic (exact) mass is 359 g/mol. The Morgan fingerprint density at radius 2 is 1.87 bits per heavy atom. The molecule has 0 unspecified atom stereocenters. The molecule has 2 amide bonds. The first kappa shape index (κ1) is 19.9. The Morgan fingerprint density at radius 3 is 2.48 bits per heavy atom. The molecule has 1 aromatic rings. The summed E-state index contributed by atoms with van der Waals surface area (Å²) in [6, 6.07) is 1.42. The summed E-state index contributed by atoms with van der Waals surface area (Å²) >= 11 is 1.52. The maximum Gasteiger partial charge on any atom is 0.254 e. The van der Waals surface area contributed by atoms with E-state index in [1.807, 2.05) is 26.6 Å². The Kier molecular flexibility index (Phi) is 8.02. The van der Waals surface area contributed by atoms with Crippen LogP contribution in [0.2, 0.25) is 0 Å². The summed E-state index contributed by atoms with van der Waals surface area (Å²) in [6.45, 7) is 6.65. The van der Waals surface area contributed by atoms with Gasteiger partial charge in [-0.15, -0.1) is 12.4 Å². The van der Waals surface area contributed by atoms with Crippen molar-refractivity contribution in [2.45, 2.75) is 32.7 Å². The number of nitrogens with two attached hydrogens (primary N) is 1. The summed E-state index contributed by atoms with van der Waals surface area (Å²) in [5.74, 6) is 0.475.